The maximum absolute atomic E-state index is 13.1. The highest BCUT2D eigenvalue weighted by atomic mass is 32.2. The Bertz CT molecular complexity index is 922. The van der Waals surface area contributed by atoms with E-state index in [-0.39, 0.29) is 28.8 Å². The topological polar surface area (TPSA) is 112 Å². The Hall–Kier alpha value is -1.49. The molecule has 2 saturated heterocycles. The predicted octanol–water partition coefficient (Wildman–Crippen LogP) is 0.792. The van der Waals surface area contributed by atoms with Gasteiger partial charge in [-0.05, 0) is 50.6 Å². The molecule has 1 unspecified atom stereocenters. The summed E-state index contributed by atoms with van der Waals surface area (Å²) >= 11 is 0. The van der Waals surface area contributed by atoms with E-state index in [2.05, 4.69) is 4.90 Å². The zero-order valence-electron chi connectivity index (χ0n) is 15.1. The van der Waals surface area contributed by atoms with Crippen molar-refractivity contribution in [3.8, 4) is 0 Å². The zero-order chi connectivity index (χ0) is 19.8. The van der Waals surface area contributed by atoms with Crippen LogP contribution in [-0.4, -0.2) is 75.1 Å². The number of benzene rings is 1. The largest absolute Gasteiger partial charge is 0.480 e. The molecule has 0 bridgehead atoms. The molecular formula is C17H24N2O6S2. The van der Waals surface area contributed by atoms with Crippen LogP contribution in [0.3, 0.4) is 0 Å². The second kappa shape index (κ2) is 7.50. The Balaban J connectivity index is 1.93. The van der Waals surface area contributed by atoms with Gasteiger partial charge in [0.15, 0.2) is 9.84 Å². The van der Waals surface area contributed by atoms with Gasteiger partial charge in [0.2, 0.25) is 10.0 Å². The molecule has 2 heterocycles. The molecule has 0 saturated carbocycles. The number of sulfone groups is 1. The summed E-state index contributed by atoms with van der Waals surface area (Å²) in [6, 6.07) is 3.79. The third-order valence-electron chi connectivity index (χ3n) is 5.27. The quantitative estimate of drug-likeness (QED) is 0.755. The van der Waals surface area contributed by atoms with Crippen molar-refractivity contribution in [1.29, 1.82) is 0 Å². The number of rotatable bonds is 5. The van der Waals surface area contributed by atoms with Crippen LogP contribution in [-0.2, 0) is 24.7 Å². The van der Waals surface area contributed by atoms with Crippen molar-refractivity contribution < 1.29 is 26.7 Å². The molecule has 8 nitrogen and oxygen atoms in total. The molecule has 1 aromatic carbocycles. The number of hydrogen-bond donors (Lipinski definition) is 1. The van der Waals surface area contributed by atoms with Crippen LogP contribution in [0.5, 0.6) is 0 Å². The second-order valence-corrected chi connectivity index (χ2v) is 11.1. The summed E-state index contributed by atoms with van der Waals surface area (Å²) in [5.41, 5.74) is 0. The highest BCUT2D eigenvalue weighted by molar-refractivity contribution is 7.91. The minimum absolute atomic E-state index is 0.0996. The van der Waals surface area contributed by atoms with Gasteiger partial charge >= 0.3 is 5.97 Å². The number of aliphatic carboxylic acids is 1. The minimum atomic E-state index is -4.13. The first-order valence-electron chi connectivity index (χ1n) is 8.89. The molecule has 1 aromatic rings. The molecule has 2 atom stereocenters. The van der Waals surface area contributed by atoms with Crippen LogP contribution in [0.1, 0.15) is 25.7 Å². The van der Waals surface area contributed by atoms with Crippen molar-refractivity contribution in [1.82, 2.24) is 9.21 Å². The Morgan fingerprint density at radius 3 is 2.30 bits per heavy atom. The van der Waals surface area contributed by atoms with Gasteiger partial charge in [-0.1, -0.05) is 12.5 Å². The lowest BCUT2D eigenvalue weighted by molar-refractivity contribution is -0.140. The van der Waals surface area contributed by atoms with Crippen LogP contribution in [0.15, 0.2) is 34.1 Å². The summed E-state index contributed by atoms with van der Waals surface area (Å²) in [4.78, 5) is 13.6. The molecule has 2 aliphatic rings. The third-order valence-corrected chi connectivity index (χ3v) is 8.25. The fourth-order valence-electron chi connectivity index (χ4n) is 3.82. The summed E-state index contributed by atoms with van der Waals surface area (Å²) in [7, 11) is -7.70. The Morgan fingerprint density at radius 2 is 1.70 bits per heavy atom. The van der Waals surface area contributed by atoms with Gasteiger partial charge in [0.05, 0.1) is 9.79 Å². The molecule has 0 spiro atoms. The number of piperidine rings is 1. The van der Waals surface area contributed by atoms with Gasteiger partial charge in [-0.15, -0.1) is 0 Å². The number of sulfonamides is 1. The Morgan fingerprint density at radius 1 is 1.07 bits per heavy atom. The maximum Gasteiger partial charge on any atom is 0.322 e. The molecule has 0 amide bonds. The van der Waals surface area contributed by atoms with E-state index in [1.165, 1.54) is 18.2 Å². The number of nitrogens with zero attached hydrogens (tertiary/aromatic N) is 2. The average molecular weight is 417 g/mol. The first-order chi connectivity index (χ1) is 12.6. The zero-order valence-corrected chi connectivity index (χ0v) is 16.7. The lowest BCUT2D eigenvalue weighted by Gasteiger charge is -2.32. The van der Waals surface area contributed by atoms with Crippen molar-refractivity contribution in [2.75, 3.05) is 25.9 Å². The smallest absolute Gasteiger partial charge is 0.322 e. The van der Waals surface area contributed by atoms with E-state index in [1.54, 1.807) is 0 Å². The molecule has 0 radical (unpaired) electrons. The van der Waals surface area contributed by atoms with Gasteiger partial charge < -0.3 is 5.11 Å². The van der Waals surface area contributed by atoms with E-state index in [9.17, 15) is 26.7 Å². The molecule has 0 aromatic heterocycles. The minimum Gasteiger partial charge on any atom is -0.480 e. The van der Waals surface area contributed by atoms with Crippen LogP contribution in [0.2, 0.25) is 0 Å². The summed E-state index contributed by atoms with van der Waals surface area (Å²) in [6.45, 7) is 1.78. The number of carboxylic acids is 1. The lowest BCUT2D eigenvalue weighted by Crippen LogP contribution is -2.42. The SMILES string of the molecule is CS(=O)(=O)c1cccc(S(=O)(=O)N2CC(N3CCCCC3)C[C@H]2C(=O)O)c1. The molecular weight excluding hydrogens is 392 g/mol. The van der Waals surface area contributed by atoms with Crippen molar-refractivity contribution in [2.24, 2.45) is 0 Å². The number of carboxylic acid groups (broad SMARTS) is 1. The number of likely N-dealkylation sites (tertiary alicyclic amines) is 1. The van der Waals surface area contributed by atoms with E-state index in [4.69, 9.17) is 0 Å². The number of hydrogen-bond acceptors (Lipinski definition) is 6. The molecule has 0 aliphatic carbocycles. The standard InChI is InChI=1S/C17H24N2O6S2/c1-26(22,23)14-6-5-7-15(11-14)27(24,25)19-12-13(10-16(19)17(20)21)18-8-3-2-4-9-18/h5-7,11,13,16H,2-4,8-10,12H2,1H3,(H,20,21)/t13?,16-/m0/s1. The van der Waals surface area contributed by atoms with Crippen LogP contribution in [0.4, 0.5) is 0 Å². The van der Waals surface area contributed by atoms with Crippen molar-refractivity contribution in [2.45, 2.75) is 47.6 Å². The highest BCUT2D eigenvalue weighted by Crippen LogP contribution is 2.31. The van der Waals surface area contributed by atoms with Gasteiger partial charge in [-0.2, -0.15) is 4.31 Å². The fraction of sp³-hybridized carbons (Fsp3) is 0.588. The maximum atomic E-state index is 13.1. The van der Waals surface area contributed by atoms with E-state index >= 15 is 0 Å². The van der Waals surface area contributed by atoms with E-state index < -0.39 is 31.9 Å². The lowest BCUT2D eigenvalue weighted by atomic mass is 10.1. The summed E-state index contributed by atoms with van der Waals surface area (Å²) in [5.74, 6) is -1.18. The van der Waals surface area contributed by atoms with Crippen LogP contribution in [0.25, 0.3) is 0 Å². The predicted molar refractivity (Wildman–Crippen MR) is 98.7 cm³/mol. The average Bonchev–Trinajstić information content (AvgIpc) is 3.08. The van der Waals surface area contributed by atoms with Gasteiger partial charge in [0.1, 0.15) is 6.04 Å². The van der Waals surface area contributed by atoms with Gasteiger partial charge in [-0.25, -0.2) is 16.8 Å². The molecule has 1 N–H and O–H groups in total. The Labute approximate surface area is 159 Å². The molecule has 150 valence electrons. The summed E-state index contributed by atoms with van der Waals surface area (Å²) < 4.78 is 50.7. The van der Waals surface area contributed by atoms with Crippen molar-refractivity contribution in [3.63, 3.8) is 0 Å². The van der Waals surface area contributed by atoms with Gasteiger partial charge in [-0.3, -0.25) is 9.69 Å². The van der Waals surface area contributed by atoms with Gasteiger partial charge in [0, 0.05) is 18.8 Å². The van der Waals surface area contributed by atoms with Crippen molar-refractivity contribution >= 4 is 25.8 Å². The van der Waals surface area contributed by atoms with Gasteiger partial charge in [0.25, 0.3) is 0 Å². The highest BCUT2D eigenvalue weighted by Gasteiger charge is 2.45. The normalized spacial score (nSPS) is 25.5. The van der Waals surface area contributed by atoms with Crippen LogP contribution >= 0.6 is 0 Å². The second-order valence-electron chi connectivity index (χ2n) is 7.16. The third kappa shape index (κ3) is 4.18. The fourth-order valence-corrected chi connectivity index (χ4v) is 6.24. The van der Waals surface area contributed by atoms with Crippen LogP contribution < -0.4 is 0 Å². The first-order valence-corrected chi connectivity index (χ1v) is 12.2. The first kappa shape index (κ1) is 20.2. The monoisotopic (exact) mass is 416 g/mol. The molecule has 27 heavy (non-hydrogen) atoms. The molecule has 10 heteroatoms. The van der Waals surface area contributed by atoms with Crippen molar-refractivity contribution in [3.05, 3.63) is 24.3 Å². The number of carbonyl (C=O) groups is 1. The summed E-state index contributed by atoms with van der Waals surface area (Å²) in [6.07, 6.45) is 4.42. The molecule has 2 aliphatic heterocycles. The van der Waals surface area contributed by atoms with Crippen LogP contribution in [0, 0.1) is 0 Å². The summed E-state index contributed by atoms with van der Waals surface area (Å²) in [5, 5.41) is 9.57. The van der Waals surface area contributed by atoms with E-state index in [1.807, 2.05) is 0 Å². The van der Waals surface area contributed by atoms with E-state index in [0.717, 1.165) is 49.0 Å². The molecule has 2 fully saturated rings. The molecule has 3 rings (SSSR count). The van der Waals surface area contributed by atoms with E-state index in [0.29, 0.717) is 0 Å². The Kier molecular flexibility index (Phi) is 5.62.